The van der Waals surface area contributed by atoms with Crippen molar-refractivity contribution in [1.29, 1.82) is 0 Å². The van der Waals surface area contributed by atoms with E-state index < -0.39 is 0 Å². The Morgan fingerprint density at radius 1 is 1.60 bits per heavy atom. The molecule has 0 saturated carbocycles. The molecule has 56 valence electrons. The van der Waals surface area contributed by atoms with E-state index in [1.165, 1.54) is 0 Å². The molecule has 1 aromatic heterocycles. The maximum atomic E-state index is 4.14. The van der Waals surface area contributed by atoms with Crippen LogP contribution >= 0.6 is 0 Å². The second-order valence-corrected chi connectivity index (χ2v) is 2.21. The molecular formula is C6H12N4. The van der Waals surface area contributed by atoms with Gasteiger partial charge in [0.15, 0.2) is 5.82 Å². The maximum Gasteiger partial charge on any atom is 0.165 e. The van der Waals surface area contributed by atoms with Gasteiger partial charge >= 0.3 is 0 Å². The van der Waals surface area contributed by atoms with Crippen LogP contribution in [0.2, 0.25) is 0 Å². The van der Waals surface area contributed by atoms with Crippen molar-refractivity contribution in [2.75, 3.05) is 12.5 Å². The highest BCUT2D eigenvalue weighted by Gasteiger charge is 1.98. The lowest BCUT2D eigenvalue weighted by atomic mass is 10.4. The van der Waals surface area contributed by atoms with Crippen molar-refractivity contribution in [1.82, 2.24) is 15.2 Å². The highest BCUT2D eigenvalue weighted by molar-refractivity contribution is 5.40. The molecule has 0 unspecified atom stereocenters. The fourth-order valence-electron chi connectivity index (χ4n) is 0.849. The first-order chi connectivity index (χ1) is 4.74. The minimum atomic E-state index is 0.880. The van der Waals surface area contributed by atoms with Crippen LogP contribution in [0.15, 0.2) is 6.20 Å². The molecule has 2 N–H and O–H groups in total. The predicted octanol–water partition coefficient (Wildman–Crippen LogP) is 0.275. The molecule has 0 amide bonds. The second-order valence-electron chi connectivity index (χ2n) is 2.21. The summed E-state index contributed by atoms with van der Waals surface area (Å²) in [5, 5.41) is 4.14. The van der Waals surface area contributed by atoms with E-state index in [1.54, 1.807) is 4.68 Å². The molecule has 0 atom stereocenters. The molecule has 0 spiro atoms. The Hall–Kier alpha value is -1.03. The van der Waals surface area contributed by atoms with Gasteiger partial charge in [-0.15, -0.1) is 0 Å². The van der Waals surface area contributed by atoms with Gasteiger partial charge in [-0.25, -0.2) is 5.43 Å². The first-order valence-corrected chi connectivity index (χ1v) is 3.17. The van der Waals surface area contributed by atoms with Crippen LogP contribution in [0, 0.1) is 6.92 Å². The average Bonchev–Trinajstić information content (AvgIpc) is 2.13. The van der Waals surface area contributed by atoms with E-state index in [0.717, 1.165) is 11.4 Å². The molecule has 1 heterocycles. The first kappa shape index (κ1) is 7.08. The summed E-state index contributed by atoms with van der Waals surface area (Å²) in [6, 6.07) is 0. The Bertz CT molecular complexity index is 216. The fourth-order valence-corrected chi connectivity index (χ4v) is 0.849. The molecule has 0 fully saturated rings. The minimum absolute atomic E-state index is 0.880. The first-order valence-electron chi connectivity index (χ1n) is 3.17. The number of hydrazine groups is 1. The highest BCUT2D eigenvalue weighted by Crippen LogP contribution is 2.07. The average molecular weight is 140 g/mol. The van der Waals surface area contributed by atoms with Gasteiger partial charge in [0.1, 0.15) is 0 Å². The van der Waals surface area contributed by atoms with Crippen molar-refractivity contribution in [3.8, 4) is 0 Å². The number of nitrogens with zero attached hydrogens (tertiary/aromatic N) is 2. The summed E-state index contributed by atoms with van der Waals surface area (Å²) in [5.74, 6) is 0.880. The van der Waals surface area contributed by atoms with Crippen LogP contribution in [-0.2, 0) is 7.05 Å². The number of nitrogens with one attached hydrogen (secondary N) is 2. The van der Waals surface area contributed by atoms with Gasteiger partial charge in [0, 0.05) is 25.9 Å². The lowest BCUT2D eigenvalue weighted by Crippen LogP contribution is -2.16. The summed E-state index contributed by atoms with van der Waals surface area (Å²) in [5.41, 5.74) is 6.86. The third-order valence-electron chi connectivity index (χ3n) is 1.26. The van der Waals surface area contributed by atoms with Crippen LogP contribution in [0.4, 0.5) is 5.82 Å². The largest absolute Gasteiger partial charge is 0.304 e. The molecule has 0 bridgehead atoms. The number of rotatable bonds is 2. The summed E-state index contributed by atoms with van der Waals surface area (Å²) in [7, 11) is 3.71. The predicted molar refractivity (Wildman–Crippen MR) is 40.6 cm³/mol. The third-order valence-corrected chi connectivity index (χ3v) is 1.26. The minimum Gasteiger partial charge on any atom is -0.304 e. The molecular weight excluding hydrogens is 128 g/mol. The van der Waals surface area contributed by atoms with E-state index in [9.17, 15) is 0 Å². The van der Waals surface area contributed by atoms with E-state index >= 15 is 0 Å². The Morgan fingerprint density at radius 3 is 2.70 bits per heavy atom. The van der Waals surface area contributed by atoms with Crippen molar-refractivity contribution in [2.45, 2.75) is 6.92 Å². The Balaban J connectivity index is 2.81. The summed E-state index contributed by atoms with van der Waals surface area (Å²) in [6.07, 6.45) is 1.96. The summed E-state index contributed by atoms with van der Waals surface area (Å²) < 4.78 is 1.77. The smallest absolute Gasteiger partial charge is 0.165 e. The Labute approximate surface area is 60.2 Å². The quantitative estimate of drug-likeness (QED) is 0.579. The van der Waals surface area contributed by atoms with E-state index in [1.807, 2.05) is 27.2 Å². The van der Waals surface area contributed by atoms with Crippen LogP contribution in [0.3, 0.4) is 0 Å². The number of anilines is 1. The standard InChI is InChI=1S/C6H12N4/c1-5-4-10(3)9-6(5)8-7-2/h4,7H,1-3H3,(H,8,9). The summed E-state index contributed by atoms with van der Waals surface area (Å²) in [4.78, 5) is 0. The van der Waals surface area contributed by atoms with Crippen LogP contribution < -0.4 is 10.9 Å². The van der Waals surface area contributed by atoms with Gasteiger partial charge in [-0.1, -0.05) is 0 Å². The molecule has 0 aliphatic rings. The normalized spacial score (nSPS) is 9.90. The molecule has 4 heteroatoms. The molecule has 10 heavy (non-hydrogen) atoms. The van der Waals surface area contributed by atoms with Gasteiger partial charge in [-0.3, -0.25) is 4.68 Å². The van der Waals surface area contributed by atoms with Crippen molar-refractivity contribution in [3.63, 3.8) is 0 Å². The van der Waals surface area contributed by atoms with Crippen molar-refractivity contribution >= 4 is 5.82 Å². The SMILES string of the molecule is CNNc1nn(C)cc1C. The van der Waals surface area contributed by atoms with Gasteiger partial charge in [-0.2, -0.15) is 5.10 Å². The van der Waals surface area contributed by atoms with Crippen molar-refractivity contribution in [2.24, 2.45) is 7.05 Å². The fraction of sp³-hybridized carbons (Fsp3) is 0.500. The zero-order chi connectivity index (χ0) is 7.56. The zero-order valence-corrected chi connectivity index (χ0v) is 6.47. The molecule has 4 nitrogen and oxygen atoms in total. The van der Waals surface area contributed by atoms with Crippen LogP contribution in [0.25, 0.3) is 0 Å². The Kier molecular flexibility index (Phi) is 1.91. The third kappa shape index (κ3) is 1.27. The zero-order valence-electron chi connectivity index (χ0n) is 6.47. The molecule has 1 rings (SSSR count). The lowest BCUT2D eigenvalue weighted by Gasteiger charge is -1.98. The van der Waals surface area contributed by atoms with E-state index in [4.69, 9.17) is 0 Å². The number of hydrogen-bond donors (Lipinski definition) is 2. The van der Waals surface area contributed by atoms with E-state index in [0.29, 0.717) is 0 Å². The maximum absolute atomic E-state index is 4.14. The molecule has 0 aromatic carbocycles. The van der Waals surface area contributed by atoms with Gasteiger partial charge < -0.3 is 5.43 Å². The van der Waals surface area contributed by atoms with Gasteiger partial charge in [0.05, 0.1) is 0 Å². The molecule has 0 aliphatic carbocycles. The van der Waals surface area contributed by atoms with E-state index in [-0.39, 0.29) is 0 Å². The van der Waals surface area contributed by atoms with Gasteiger partial charge in [0.25, 0.3) is 0 Å². The van der Waals surface area contributed by atoms with E-state index in [2.05, 4.69) is 16.0 Å². The summed E-state index contributed by atoms with van der Waals surface area (Å²) in [6.45, 7) is 2.01. The molecule has 0 radical (unpaired) electrons. The molecule has 1 aromatic rings. The second kappa shape index (κ2) is 2.70. The van der Waals surface area contributed by atoms with Crippen molar-refractivity contribution < 1.29 is 0 Å². The van der Waals surface area contributed by atoms with Crippen LogP contribution in [0.1, 0.15) is 5.56 Å². The molecule has 0 aliphatic heterocycles. The van der Waals surface area contributed by atoms with Crippen molar-refractivity contribution in [3.05, 3.63) is 11.8 Å². The molecule has 0 saturated heterocycles. The van der Waals surface area contributed by atoms with Gasteiger partial charge in [0.2, 0.25) is 0 Å². The monoisotopic (exact) mass is 140 g/mol. The van der Waals surface area contributed by atoms with Gasteiger partial charge in [-0.05, 0) is 6.92 Å². The number of aromatic nitrogens is 2. The van der Waals surface area contributed by atoms with Crippen LogP contribution in [-0.4, -0.2) is 16.8 Å². The number of hydrogen-bond acceptors (Lipinski definition) is 3. The topological polar surface area (TPSA) is 41.9 Å². The Morgan fingerprint density at radius 2 is 2.30 bits per heavy atom. The highest BCUT2D eigenvalue weighted by atomic mass is 15.4. The lowest BCUT2D eigenvalue weighted by molar-refractivity contribution is 0.764. The number of aryl methyl sites for hydroxylation is 2. The van der Waals surface area contributed by atoms with Crippen LogP contribution in [0.5, 0.6) is 0 Å². The summed E-state index contributed by atoms with van der Waals surface area (Å²) >= 11 is 0.